The van der Waals surface area contributed by atoms with Crippen LogP contribution >= 0.6 is 23.2 Å². The van der Waals surface area contributed by atoms with Crippen molar-refractivity contribution in [1.82, 2.24) is 4.90 Å². The van der Waals surface area contributed by atoms with Gasteiger partial charge in [-0.25, -0.2) is 4.79 Å². The molecule has 0 amide bonds. The maximum atomic E-state index is 12.6. The number of halogens is 3. The van der Waals surface area contributed by atoms with Gasteiger partial charge in [0.05, 0.1) is 12.2 Å². The number of likely N-dealkylation sites (tertiary alicyclic amines) is 1. The van der Waals surface area contributed by atoms with E-state index in [1.807, 2.05) is 24.3 Å². The quantitative estimate of drug-likeness (QED) is 0.299. The predicted molar refractivity (Wildman–Crippen MR) is 157 cm³/mol. The minimum Gasteiger partial charge on any atom is -0.478 e. The van der Waals surface area contributed by atoms with Crippen molar-refractivity contribution in [3.05, 3.63) is 104 Å². The third-order valence-corrected chi connectivity index (χ3v) is 9.48. The van der Waals surface area contributed by atoms with Gasteiger partial charge in [-0.3, -0.25) is 4.39 Å². The molecular weight excluding hydrogens is 532 g/mol. The van der Waals surface area contributed by atoms with Crippen LogP contribution in [0.25, 0.3) is 11.1 Å². The van der Waals surface area contributed by atoms with Gasteiger partial charge in [0.2, 0.25) is 0 Å². The van der Waals surface area contributed by atoms with Crippen LogP contribution in [0.15, 0.2) is 60.7 Å². The number of hydrogen-bond acceptors (Lipinski definition) is 2. The van der Waals surface area contributed by atoms with Crippen molar-refractivity contribution in [2.24, 2.45) is 5.92 Å². The fraction of sp³-hybridized carbons (Fsp3) is 0.364. The Hall–Kier alpha value is -2.66. The molecule has 0 unspecified atom stereocenters. The first-order valence-electron chi connectivity index (χ1n) is 13.8. The lowest BCUT2D eigenvalue weighted by Crippen LogP contribution is -2.52. The number of rotatable bonds is 8. The van der Waals surface area contributed by atoms with E-state index < -0.39 is 5.97 Å². The van der Waals surface area contributed by atoms with Crippen LogP contribution in [-0.2, 0) is 11.8 Å². The Bertz CT molecular complexity index is 1440. The Morgan fingerprint density at radius 2 is 1.72 bits per heavy atom. The molecule has 0 radical (unpaired) electrons. The lowest BCUT2D eigenvalue weighted by Gasteiger charge is -2.44. The molecule has 0 spiro atoms. The first-order valence-corrected chi connectivity index (χ1v) is 14.6. The highest BCUT2D eigenvalue weighted by Gasteiger charge is 2.54. The van der Waals surface area contributed by atoms with Crippen molar-refractivity contribution in [3.63, 3.8) is 0 Å². The number of alkyl halides is 1. The van der Waals surface area contributed by atoms with Crippen molar-refractivity contribution in [2.45, 2.75) is 43.9 Å². The summed E-state index contributed by atoms with van der Waals surface area (Å²) in [6, 6.07) is 20.2. The number of carbonyl (C=O) groups is 1. The highest BCUT2D eigenvalue weighted by molar-refractivity contribution is 6.36. The van der Waals surface area contributed by atoms with E-state index in [1.165, 1.54) is 18.4 Å². The lowest BCUT2D eigenvalue weighted by atomic mass is 9.77. The van der Waals surface area contributed by atoms with E-state index >= 15 is 0 Å². The minimum absolute atomic E-state index is 0.242. The third kappa shape index (κ3) is 5.03. The molecule has 39 heavy (non-hydrogen) atoms. The summed E-state index contributed by atoms with van der Waals surface area (Å²) < 4.78 is 12.6. The molecule has 3 aromatic rings. The normalized spacial score (nSPS) is 18.8. The highest BCUT2D eigenvalue weighted by atomic mass is 35.5. The molecule has 1 saturated heterocycles. The van der Waals surface area contributed by atoms with E-state index in [1.54, 1.807) is 12.1 Å². The van der Waals surface area contributed by atoms with Gasteiger partial charge >= 0.3 is 5.97 Å². The number of benzene rings is 3. The molecule has 3 aromatic carbocycles. The number of allylic oxidation sites excluding steroid dienone is 1. The zero-order chi connectivity index (χ0) is 27.1. The number of nitrogens with zero attached hydrogens (tertiary/aromatic N) is 1. The Kier molecular flexibility index (Phi) is 7.30. The monoisotopic (exact) mass is 563 g/mol. The average molecular weight is 565 g/mol. The van der Waals surface area contributed by atoms with Crippen LogP contribution in [-0.4, -0.2) is 42.3 Å². The van der Waals surface area contributed by atoms with Gasteiger partial charge in [-0.2, -0.15) is 0 Å². The van der Waals surface area contributed by atoms with E-state index in [0.29, 0.717) is 27.9 Å². The number of aromatic carboxylic acids is 1. The standard InChI is InChI=1S/C33H32Cl2FNO2/c34-26-10-12-28(30(35)18-26)29-4-1-3-22-17-23(32(38)39)7-11-27(22)31(29)21-5-8-24(9-6-21)33(13-14-33)25-19-37(20-25)16-2-15-36/h5-12,17-18,25H,1-4,13-16,19-20H2,(H,38,39). The van der Waals surface area contributed by atoms with Crippen LogP contribution in [0.2, 0.25) is 10.0 Å². The van der Waals surface area contributed by atoms with Crippen LogP contribution in [0.4, 0.5) is 4.39 Å². The number of aryl methyl sites for hydroxylation is 1. The largest absolute Gasteiger partial charge is 0.478 e. The molecule has 3 aliphatic rings. The Morgan fingerprint density at radius 1 is 0.974 bits per heavy atom. The molecular formula is C33H32Cl2FNO2. The predicted octanol–water partition coefficient (Wildman–Crippen LogP) is 8.31. The van der Waals surface area contributed by atoms with Gasteiger partial charge in [-0.05, 0) is 108 Å². The summed E-state index contributed by atoms with van der Waals surface area (Å²) >= 11 is 13.0. The fourth-order valence-electron chi connectivity index (χ4n) is 6.68. The van der Waals surface area contributed by atoms with E-state index in [0.717, 1.165) is 72.3 Å². The van der Waals surface area contributed by atoms with Gasteiger partial charge in [0, 0.05) is 35.1 Å². The van der Waals surface area contributed by atoms with E-state index in [9.17, 15) is 14.3 Å². The fourth-order valence-corrected chi connectivity index (χ4v) is 7.20. The molecule has 6 heteroatoms. The van der Waals surface area contributed by atoms with Crippen molar-refractivity contribution >= 4 is 40.3 Å². The second-order valence-corrected chi connectivity index (χ2v) is 12.1. The molecule has 202 valence electrons. The van der Waals surface area contributed by atoms with Crippen molar-refractivity contribution in [3.8, 4) is 0 Å². The molecule has 6 rings (SSSR count). The summed E-state index contributed by atoms with van der Waals surface area (Å²) in [4.78, 5) is 14.1. The third-order valence-electron chi connectivity index (χ3n) is 8.94. The topological polar surface area (TPSA) is 40.5 Å². The molecule has 0 atom stereocenters. The molecule has 3 nitrogen and oxygen atoms in total. The van der Waals surface area contributed by atoms with Crippen molar-refractivity contribution in [2.75, 3.05) is 26.3 Å². The average Bonchev–Trinajstić information content (AvgIpc) is 3.71. The number of hydrogen-bond donors (Lipinski definition) is 1. The summed E-state index contributed by atoms with van der Waals surface area (Å²) in [5.41, 5.74) is 8.42. The van der Waals surface area contributed by atoms with E-state index in [-0.39, 0.29) is 12.1 Å². The molecule has 1 N–H and O–H groups in total. The zero-order valence-electron chi connectivity index (χ0n) is 21.9. The van der Waals surface area contributed by atoms with E-state index in [4.69, 9.17) is 23.2 Å². The smallest absolute Gasteiger partial charge is 0.335 e. The number of carboxylic acids is 1. The van der Waals surface area contributed by atoms with Crippen LogP contribution in [0.1, 0.15) is 70.3 Å². The van der Waals surface area contributed by atoms with Gasteiger partial charge in [-0.1, -0.05) is 59.6 Å². The van der Waals surface area contributed by atoms with Crippen LogP contribution in [0.3, 0.4) is 0 Å². The molecule has 0 aromatic heterocycles. The van der Waals surface area contributed by atoms with Crippen LogP contribution < -0.4 is 0 Å². The zero-order valence-corrected chi connectivity index (χ0v) is 23.4. The summed E-state index contributed by atoms with van der Waals surface area (Å²) in [7, 11) is 0. The summed E-state index contributed by atoms with van der Waals surface area (Å²) in [6.07, 6.45) is 5.58. The van der Waals surface area contributed by atoms with Crippen molar-refractivity contribution in [1.29, 1.82) is 0 Å². The SMILES string of the molecule is O=C(O)c1ccc2c(c1)CCCC(c1ccc(Cl)cc1Cl)=C2c1ccc(C2(C3CN(CCCF)C3)CC2)cc1. The molecule has 1 aliphatic heterocycles. The summed E-state index contributed by atoms with van der Waals surface area (Å²) in [5, 5.41) is 10.8. The highest BCUT2D eigenvalue weighted by Crippen LogP contribution is 2.56. The van der Waals surface area contributed by atoms with Crippen molar-refractivity contribution < 1.29 is 14.3 Å². The van der Waals surface area contributed by atoms with Gasteiger partial charge in [0.15, 0.2) is 0 Å². The summed E-state index contributed by atoms with van der Waals surface area (Å²) in [5.74, 6) is -0.273. The Balaban J connectivity index is 1.40. The maximum Gasteiger partial charge on any atom is 0.335 e. The molecule has 1 heterocycles. The number of carboxylic acid groups (broad SMARTS) is 1. The summed E-state index contributed by atoms with van der Waals surface area (Å²) in [6.45, 7) is 2.74. The van der Waals surface area contributed by atoms with Gasteiger partial charge in [0.25, 0.3) is 0 Å². The molecule has 1 saturated carbocycles. The number of fused-ring (bicyclic) bond motifs is 1. The second kappa shape index (κ2) is 10.7. The van der Waals surface area contributed by atoms with E-state index in [2.05, 4.69) is 29.2 Å². The second-order valence-electron chi connectivity index (χ2n) is 11.2. The minimum atomic E-state index is -0.910. The van der Waals surface area contributed by atoms with Crippen LogP contribution in [0.5, 0.6) is 0 Å². The Labute approximate surface area is 239 Å². The molecule has 2 aliphatic carbocycles. The molecule has 2 fully saturated rings. The molecule has 0 bridgehead atoms. The lowest BCUT2D eigenvalue weighted by molar-refractivity contribution is 0.0696. The van der Waals surface area contributed by atoms with Gasteiger partial charge in [0.1, 0.15) is 0 Å². The van der Waals surface area contributed by atoms with Crippen LogP contribution in [0, 0.1) is 5.92 Å². The van der Waals surface area contributed by atoms with Gasteiger partial charge < -0.3 is 10.0 Å². The maximum absolute atomic E-state index is 12.6. The van der Waals surface area contributed by atoms with Gasteiger partial charge in [-0.15, -0.1) is 0 Å². The first kappa shape index (κ1) is 26.6. The Morgan fingerprint density at radius 3 is 2.38 bits per heavy atom. The first-order chi connectivity index (χ1) is 18.9.